The van der Waals surface area contributed by atoms with E-state index in [1.54, 1.807) is 6.20 Å². The highest BCUT2D eigenvalue weighted by Crippen LogP contribution is 2.21. The van der Waals surface area contributed by atoms with Gasteiger partial charge in [-0.1, -0.05) is 20.3 Å². The molecule has 1 aromatic rings. The molecule has 0 spiro atoms. The van der Waals surface area contributed by atoms with Gasteiger partial charge in [0.25, 0.3) is 0 Å². The number of hydrogen-bond donors (Lipinski definition) is 1. The van der Waals surface area contributed by atoms with E-state index in [-0.39, 0.29) is 0 Å². The molecule has 3 nitrogen and oxygen atoms in total. The zero-order valence-electron chi connectivity index (χ0n) is 9.32. The number of aryl methyl sites for hydroxylation is 1. The molecule has 0 saturated heterocycles. The lowest BCUT2D eigenvalue weighted by Gasteiger charge is -2.25. The SMILES string of the molecule is CCCC(O)(CC)Cc1nccn1C. The maximum Gasteiger partial charge on any atom is 0.111 e. The summed E-state index contributed by atoms with van der Waals surface area (Å²) in [5, 5.41) is 10.3. The second-order valence-corrected chi connectivity index (χ2v) is 3.96. The summed E-state index contributed by atoms with van der Waals surface area (Å²) in [4.78, 5) is 4.23. The van der Waals surface area contributed by atoms with Crippen molar-refractivity contribution in [2.75, 3.05) is 0 Å². The summed E-state index contributed by atoms with van der Waals surface area (Å²) in [6.45, 7) is 4.12. The van der Waals surface area contributed by atoms with Crippen LogP contribution < -0.4 is 0 Å². The van der Waals surface area contributed by atoms with Crippen LogP contribution in [0.4, 0.5) is 0 Å². The third kappa shape index (κ3) is 2.58. The number of aliphatic hydroxyl groups is 1. The Hall–Kier alpha value is -0.830. The molecular formula is C11H20N2O. The van der Waals surface area contributed by atoms with Crippen LogP contribution in [-0.2, 0) is 13.5 Å². The van der Waals surface area contributed by atoms with Gasteiger partial charge in [-0.05, 0) is 12.8 Å². The van der Waals surface area contributed by atoms with E-state index in [0.717, 1.165) is 25.1 Å². The molecule has 1 unspecified atom stereocenters. The van der Waals surface area contributed by atoms with E-state index >= 15 is 0 Å². The molecule has 1 atom stereocenters. The lowest BCUT2D eigenvalue weighted by molar-refractivity contribution is 0.0246. The molecular weight excluding hydrogens is 176 g/mol. The molecule has 1 N–H and O–H groups in total. The summed E-state index contributed by atoms with van der Waals surface area (Å²) in [6, 6.07) is 0. The third-order valence-electron chi connectivity index (χ3n) is 2.78. The predicted octanol–water partition coefficient (Wildman–Crippen LogP) is 1.90. The van der Waals surface area contributed by atoms with Crippen molar-refractivity contribution in [2.24, 2.45) is 7.05 Å². The summed E-state index contributed by atoms with van der Waals surface area (Å²) in [6.07, 6.45) is 6.98. The fourth-order valence-electron chi connectivity index (χ4n) is 1.72. The van der Waals surface area contributed by atoms with Gasteiger partial charge >= 0.3 is 0 Å². The fourth-order valence-corrected chi connectivity index (χ4v) is 1.72. The Morgan fingerprint density at radius 3 is 2.64 bits per heavy atom. The van der Waals surface area contributed by atoms with Gasteiger partial charge in [0, 0.05) is 25.9 Å². The van der Waals surface area contributed by atoms with E-state index in [2.05, 4.69) is 11.9 Å². The summed E-state index contributed by atoms with van der Waals surface area (Å²) < 4.78 is 1.97. The molecule has 0 aliphatic rings. The first kappa shape index (κ1) is 11.2. The van der Waals surface area contributed by atoms with Crippen LogP contribution in [0, 0.1) is 0 Å². The van der Waals surface area contributed by atoms with Crippen LogP contribution in [0.25, 0.3) is 0 Å². The number of rotatable bonds is 5. The molecule has 80 valence electrons. The van der Waals surface area contributed by atoms with Gasteiger partial charge < -0.3 is 9.67 Å². The van der Waals surface area contributed by atoms with Crippen LogP contribution >= 0.6 is 0 Å². The van der Waals surface area contributed by atoms with E-state index in [1.807, 2.05) is 24.7 Å². The second kappa shape index (κ2) is 4.60. The van der Waals surface area contributed by atoms with Crippen molar-refractivity contribution in [2.45, 2.75) is 45.1 Å². The predicted molar refractivity (Wildman–Crippen MR) is 57.1 cm³/mol. The van der Waals surface area contributed by atoms with Crippen molar-refractivity contribution in [3.63, 3.8) is 0 Å². The zero-order chi connectivity index (χ0) is 10.6. The van der Waals surface area contributed by atoms with Crippen LogP contribution in [0.15, 0.2) is 12.4 Å². The highest BCUT2D eigenvalue weighted by Gasteiger charge is 2.25. The Kier molecular flexibility index (Phi) is 3.69. The Balaban J connectivity index is 2.69. The lowest BCUT2D eigenvalue weighted by Crippen LogP contribution is -2.31. The van der Waals surface area contributed by atoms with Crippen molar-refractivity contribution in [3.8, 4) is 0 Å². The molecule has 0 aliphatic heterocycles. The number of hydrogen-bond acceptors (Lipinski definition) is 2. The quantitative estimate of drug-likeness (QED) is 0.781. The van der Waals surface area contributed by atoms with Crippen molar-refractivity contribution in [1.82, 2.24) is 9.55 Å². The molecule has 0 aromatic carbocycles. The number of imidazole rings is 1. The van der Waals surface area contributed by atoms with Crippen LogP contribution in [0.2, 0.25) is 0 Å². The maximum atomic E-state index is 10.3. The molecule has 0 aliphatic carbocycles. The number of aromatic nitrogens is 2. The minimum Gasteiger partial charge on any atom is -0.389 e. The van der Waals surface area contributed by atoms with Crippen LogP contribution in [-0.4, -0.2) is 20.3 Å². The second-order valence-electron chi connectivity index (χ2n) is 3.96. The molecule has 1 rings (SSSR count). The fraction of sp³-hybridized carbons (Fsp3) is 0.727. The maximum absolute atomic E-state index is 10.3. The lowest BCUT2D eigenvalue weighted by atomic mass is 9.91. The van der Waals surface area contributed by atoms with E-state index in [4.69, 9.17) is 0 Å². The Labute approximate surface area is 85.8 Å². The average Bonchev–Trinajstić information content (AvgIpc) is 2.52. The average molecular weight is 196 g/mol. The first-order valence-electron chi connectivity index (χ1n) is 5.30. The van der Waals surface area contributed by atoms with E-state index < -0.39 is 5.60 Å². The zero-order valence-corrected chi connectivity index (χ0v) is 9.32. The van der Waals surface area contributed by atoms with Crippen molar-refractivity contribution < 1.29 is 5.11 Å². The summed E-state index contributed by atoms with van der Waals surface area (Å²) in [5.74, 6) is 0.961. The molecule has 0 bridgehead atoms. The Morgan fingerprint density at radius 2 is 2.21 bits per heavy atom. The van der Waals surface area contributed by atoms with Gasteiger partial charge in [0.2, 0.25) is 0 Å². The monoisotopic (exact) mass is 196 g/mol. The third-order valence-corrected chi connectivity index (χ3v) is 2.78. The van der Waals surface area contributed by atoms with Gasteiger partial charge in [-0.2, -0.15) is 0 Å². The highest BCUT2D eigenvalue weighted by molar-refractivity contribution is 4.97. The Bertz CT molecular complexity index is 283. The topological polar surface area (TPSA) is 38.1 Å². The van der Waals surface area contributed by atoms with Crippen molar-refractivity contribution in [1.29, 1.82) is 0 Å². The highest BCUT2D eigenvalue weighted by atomic mass is 16.3. The largest absolute Gasteiger partial charge is 0.389 e. The molecule has 1 aromatic heterocycles. The van der Waals surface area contributed by atoms with Gasteiger partial charge in [0.1, 0.15) is 5.82 Å². The molecule has 14 heavy (non-hydrogen) atoms. The van der Waals surface area contributed by atoms with Gasteiger partial charge in [0.05, 0.1) is 5.60 Å². The van der Waals surface area contributed by atoms with Gasteiger partial charge in [0.15, 0.2) is 0 Å². The summed E-state index contributed by atoms with van der Waals surface area (Å²) in [7, 11) is 1.96. The van der Waals surface area contributed by atoms with Crippen molar-refractivity contribution >= 4 is 0 Å². The molecule has 3 heteroatoms. The van der Waals surface area contributed by atoms with Gasteiger partial charge in [-0.15, -0.1) is 0 Å². The molecule has 0 radical (unpaired) electrons. The van der Waals surface area contributed by atoms with Crippen LogP contribution in [0.5, 0.6) is 0 Å². The molecule has 0 amide bonds. The van der Waals surface area contributed by atoms with E-state index in [0.29, 0.717) is 6.42 Å². The minimum atomic E-state index is -0.576. The standard InChI is InChI=1S/C11H20N2O/c1-4-6-11(14,5-2)9-10-12-7-8-13(10)3/h7-8,14H,4-6,9H2,1-3H3. The first-order chi connectivity index (χ1) is 6.61. The van der Waals surface area contributed by atoms with Crippen LogP contribution in [0.1, 0.15) is 38.9 Å². The smallest absolute Gasteiger partial charge is 0.111 e. The number of nitrogens with zero attached hydrogens (tertiary/aromatic N) is 2. The first-order valence-corrected chi connectivity index (χ1v) is 5.30. The van der Waals surface area contributed by atoms with E-state index in [9.17, 15) is 5.11 Å². The Morgan fingerprint density at radius 1 is 1.50 bits per heavy atom. The minimum absolute atomic E-state index is 0.576. The molecule has 1 heterocycles. The molecule has 0 saturated carbocycles. The van der Waals surface area contributed by atoms with Gasteiger partial charge in [-0.25, -0.2) is 4.98 Å². The van der Waals surface area contributed by atoms with E-state index in [1.165, 1.54) is 0 Å². The summed E-state index contributed by atoms with van der Waals surface area (Å²) in [5.41, 5.74) is -0.576. The molecule has 0 fully saturated rings. The normalized spacial score (nSPS) is 15.4. The van der Waals surface area contributed by atoms with Crippen molar-refractivity contribution in [3.05, 3.63) is 18.2 Å². The van der Waals surface area contributed by atoms with Crippen LogP contribution in [0.3, 0.4) is 0 Å². The summed E-state index contributed by atoms with van der Waals surface area (Å²) >= 11 is 0. The van der Waals surface area contributed by atoms with Gasteiger partial charge in [-0.3, -0.25) is 0 Å².